The van der Waals surface area contributed by atoms with Gasteiger partial charge in [-0.25, -0.2) is 0 Å². The third kappa shape index (κ3) is 3.56. The molecule has 3 nitrogen and oxygen atoms in total. The Morgan fingerprint density at radius 1 is 1.20 bits per heavy atom. The van der Waals surface area contributed by atoms with E-state index >= 15 is 0 Å². The summed E-state index contributed by atoms with van der Waals surface area (Å²) in [4.78, 5) is 0.317. The van der Waals surface area contributed by atoms with Gasteiger partial charge in [-0.1, -0.05) is 30.4 Å². The zero-order valence-electron chi connectivity index (χ0n) is 11.3. The Kier molecular flexibility index (Phi) is 4.71. The maximum atomic E-state index is 8.89. The molecule has 0 fully saturated rings. The van der Waals surface area contributed by atoms with Gasteiger partial charge >= 0.3 is 0 Å². The van der Waals surface area contributed by atoms with Crippen molar-refractivity contribution >= 4 is 17.2 Å². The number of benzene rings is 2. The number of aliphatic hydroxyl groups is 1. The lowest BCUT2D eigenvalue weighted by Gasteiger charge is -2.11. The van der Waals surface area contributed by atoms with Gasteiger partial charge < -0.3 is 15.6 Å². The van der Waals surface area contributed by atoms with E-state index in [-0.39, 0.29) is 6.61 Å². The summed E-state index contributed by atoms with van der Waals surface area (Å²) in [5.41, 5.74) is 8.58. The van der Waals surface area contributed by atoms with E-state index in [1.54, 1.807) is 0 Å². The summed E-state index contributed by atoms with van der Waals surface area (Å²) in [6, 6.07) is 13.3. The highest BCUT2D eigenvalue weighted by atomic mass is 32.1. The van der Waals surface area contributed by atoms with Gasteiger partial charge in [0.05, 0.1) is 5.56 Å². The van der Waals surface area contributed by atoms with Crippen LogP contribution in [0.15, 0.2) is 42.5 Å². The van der Waals surface area contributed by atoms with Crippen LogP contribution in [-0.4, -0.2) is 16.7 Å². The molecule has 0 aromatic heterocycles. The summed E-state index contributed by atoms with van der Waals surface area (Å²) in [5, 5.41) is 8.89. The van der Waals surface area contributed by atoms with Crippen LogP contribution in [-0.2, 0) is 6.42 Å². The van der Waals surface area contributed by atoms with E-state index in [2.05, 4.69) is 0 Å². The van der Waals surface area contributed by atoms with Gasteiger partial charge in [0.1, 0.15) is 16.5 Å². The second-order valence-corrected chi connectivity index (χ2v) is 5.02. The van der Waals surface area contributed by atoms with Crippen LogP contribution in [0.5, 0.6) is 11.5 Å². The van der Waals surface area contributed by atoms with Crippen LogP contribution in [0.3, 0.4) is 0 Å². The lowest BCUT2D eigenvalue weighted by atomic mass is 10.1. The van der Waals surface area contributed by atoms with E-state index in [1.807, 2.05) is 49.4 Å². The van der Waals surface area contributed by atoms with Crippen molar-refractivity contribution in [3.8, 4) is 11.5 Å². The number of hydrogen-bond acceptors (Lipinski definition) is 3. The smallest absolute Gasteiger partial charge is 0.137 e. The summed E-state index contributed by atoms with van der Waals surface area (Å²) in [7, 11) is 0. The molecule has 0 heterocycles. The quantitative estimate of drug-likeness (QED) is 0.830. The number of rotatable bonds is 5. The number of thiocarbonyl (C=S) groups is 1. The molecule has 3 N–H and O–H groups in total. The number of ether oxygens (including phenoxy) is 1. The molecule has 20 heavy (non-hydrogen) atoms. The molecule has 0 spiro atoms. The fourth-order valence-electron chi connectivity index (χ4n) is 1.90. The number of aryl methyl sites for hydroxylation is 1. The van der Waals surface area contributed by atoms with Crippen LogP contribution >= 0.6 is 12.2 Å². The molecule has 0 unspecified atom stereocenters. The minimum atomic E-state index is 0.143. The van der Waals surface area contributed by atoms with Gasteiger partial charge in [-0.05, 0) is 48.7 Å². The fraction of sp³-hybridized carbons (Fsp3) is 0.188. The highest BCUT2D eigenvalue weighted by molar-refractivity contribution is 7.80. The molecule has 0 radical (unpaired) electrons. The first-order chi connectivity index (χ1) is 9.60. The molecule has 0 aliphatic carbocycles. The van der Waals surface area contributed by atoms with Crippen LogP contribution in [0.4, 0.5) is 0 Å². The van der Waals surface area contributed by atoms with Gasteiger partial charge in [0.2, 0.25) is 0 Å². The topological polar surface area (TPSA) is 55.5 Å². The third-order valence-corrected chi connectivity index (χ3v) is 3.17. The van der Waals surface area contributed by atoms with Crippen molar-refractivity contribution in [1.29, 1.82) is 0 Å². The highest BCUT2D eigenvalue weighted by Gasteiger charge is 2.08. The summed E-state index contributed by atoms with van der Waals surface area (Å²) < 4.78 is 5.85. The molecule has 0 saturated carbocycles. The Morgan fingerprint density at radius 3 is 2.50 bits per heavy atom. The number of aliphatic hydroxyl groups excluding tert-OH is 1. The van der Waals surface area contributed by atoms with E-state index in [9.17, 15) is 0 Å². The first-order valence-electron chi connectivity index (χ1n) is 6.38. The van der Waals surface area contributed by atoms with Gasteiger partial charge in [-0.15, -0.1) is 0 Å². The summed E-state index contributed by atoms with van der Waals surface area (Å²) in [6.07, 6.45) is 0.642. The Balaban J connectivity index is 2.25. The average Bonchev–Trinajstić information content (AvgIpc) is 2.41. The zero-order chi connectivity index (χ0) is 14.5. The van der Waals surface area contributed by atoms with Crippen LogP contribution in [0.2, 0.25) is 0 Å². The predicted octanol–water partition coefficient (Wildman–Crippen LogP) is 2.96. The molecule has 0 aliphatic heterocycles. The highest BCUT2D eigenvalue weighted by Crippen LogP contribution is 2.27. The Hall–Kier alpha value is -1.91. The van der Waals surface area contributed by atoms with Gasteiger partial charge in [0.15, 0.2) is 0 Å². The maximum absolute atomic E-state index is 8.89. The van der Waals surface area contributed by atoms with Crippen LogP contribution < -0.4 is 10.5 Å². The van der Waals surface area contributed by atoms with Crippen molar-refractivity contribution in [3.05, 3.63) is 59.2 Å². The van der Waals surface area contributed by atoms with E-state index in [1.165, 1.54) is 0 Å². The van der Waals surface area contributed by atoms with Gasteiger partial charge in [-0.3, -0.25) is 0 Å². The van der Waals surface area contributed by atoms with Crippen molar-refractivity contribution in [2.75, 3.05) is 6.61 Å². The van der Waals surface area contributed by atoms with Crippen molar-refractivity contribution in [1.82, 2.24) is 0 Å². The molecule has 0 aliphatic rings. The molecular weight excluding hydrogens is 270 g/mol. The van der Waals surface area contributed by atoms with Gasteiger partial charge in [0.25, 0.3) is 0 Å². The predicted molar refractivity (Wildman–Crippen MR) is 84.4 cm³/mol. The maximum Gasteiger partial charge on any atom is 0.137 e. The van der Waals surface area contributed by atoms with Crippen molar-refractivity contribution in [3.63, 3.8) is 0 Å². The van der Waals surface area contributed by atoms with E-state index in [4.69, 9.17) is 27.8 Å². The zero-order valence-corrected chi connectivity index (χ0v) is 12.1. The first-order valence-corrected chi connectivity index (χ1v) is 6.79. The Labute approximate surface area is 124 Å². The standard InChI is InChI=1S/C16H17NO2S/c1-11-2-7-14(16(17)20)15(10-11)19-13-5-3-12(4-6-13)8-9-18/h2-7,10,18H,8-9H2,1H3,(H2,17,20). The largest absolute Gasteiger partial charge is 0.457 e. The third-order valence-electron chi connectivity index (χ3n) is 2.95. The summed E-state index contributed by atoms with van der Waals surface area (Å²) in [6.45, 7) is 2.13. The molecular formula is C16H17NO2S. The fourth-order valence-corrected chi connectivity index (χ4v) is 2.07. The monoisotopic (exact) mass is 287 g/mol. The van der Waals surface area contributed by atoms with Crippen molar-refractivity contribution < 1.29 is 9.84 Å². The lowest BCUT2D eigenvalue weighted by molar-refractivity contribution is 0.299. The molecule has 0 bridgehead atoms. The number of hydrogen-bond donors (Lipinski definition) is 2. The Bertz CT molecular complexity index is 608. The normalized spacial score (nSPS) is 10.3. The summed E-state index contributed by atoms with van der Waals surface area (Å²) >= 11 is 5.03. The molecule has 2 aromatic rings. The summed E-state index contributed by atoms with van der Waals surface area (Å²) in [5.74, 6) is 1.38. The van der Waals surface area contributed by atoms with Gasteiger partial charge in [-0.2, -0.15) is 0 Å². The minimum absolute atomic E-state index is 0.143. The second-order valence-electron chi connectivity index (χ2n) is 4.58. The SMILES string of the molecule is Cc1ccc(C(N)=S)c(Oc2ccc(CCO)cc2)c1. The Morgan fingerprint density at radius 2 is 1.90 bits per heavy atom. The van der Waals surface area contributed by atoms with Gasteiger partial charge in [0, 0.05) is 6.61 Å². The molecule has 4 heteroatoms. The van der Waals surface area contributed by atoms with Crippen molar-refractivity contribution in [2.24, 2.45) is 5.73 Å². The first kappa shape index (κ1) is 14.5. The average molecular weight is 287 g/mol. The molecule has 2 rings (SSSR count). The van der Waals surface area contributed by atoms with Crippen LogP contribution in [0.25, 0.3) is 0 Å². The molecule has 0 atom stereocenters. The lowest BCUT2D eigenvalue weighted by Crippen LogP contribution is -2.10. The molecule has 104 valence electrons. The van der Waals surface area contributed by atoms with E-state index in [0.717, 1.165) is 22.4 Å². The van der Waals surface area contributed by atoms with Crippen molar-refractivity contribution in [2.45, 2.75) is 13.3 Å². The van der Waals surface area contributed by atoms with E-state index < -0.39 is 0 Å². The second kappa shape index (κ2) is 6.50. The van der Waals surface area contributed by atoms with Crippen LogP contribution in [0, 0.1) is 6.92 Å². The molecule has 2 aromatic carbocycles. The number of nitrogens with two attached hydrogens (primary N) is 1. The molecule has 0 saturated heterocycles. The van der Waals surface area contributed by atoms with E-state index in [0.29, 0.717) is 17.2 Å². The minimum Gasteiger partial charge on any atom is -0.457 e. The van der Waals surface area contributed by atoms with Crippen LogP contribution in [0.1, 0.15) is 16.7 Å². The molecule has 0 amide bonds.